The summed E-state index contributed by atoms with van der Waals surface area (Å²) < 4.78 is 0. The van der Waals surface area contributed by atoms with Crippen LogP contribution in [-0.4, -0.2) is 86.2 Å². The van der Waals surface area contributed by atoms with Crippen molar-refractivity contribution < 1.29 is 49.5 Å². The first kappa shape index (κ1) is 26.3. The summed E-state index contributed by atoms with van der Waals surface area (Å²) >= 11 is 0. The van der Waals surface area contributed by atoms with Gasteiger partial charge in [-0.25, -0.2) is 4.79 Å². The number of hydrogen-bond acceptors (Lipinski definition) is 11. The van der Waals surface area contributed by atoms with E-state index < -0.39 is 70.6 Å². The number of amides is 1. The fourth-order valence-electron chi connectivity index (χ4n) is 5.72. The second-order valence-corrected chi connectivity index (χ2v) is 9.56. The van der Waals surface area contributed by atoms with Crippen LogP contribution in [-0.2, 0) is 37.0 Å². The Kier molecular flexibility index (Phi) is 6.58. The number of likely N-dealkylation sites (N-methyl/N-ethyl adjacent to an activating group) is 1. The van der Waals surface area contributed by atoms with E-state index in [1.54, 1.807) is 6.07 Å². The summed E-state index contributed by atoms with van der Waals surface area (Å²) in [6, 6.07) is 1.65. The van der Waals surface area contributed by atoms with Crippen molar-refractivity contribution in [3.05, 3.63) is 45.7 Å². The molecule has 0 unspecified atom stereocenters. The first-order valence-corrected chi connectivity index (χ1v) is 11.4. The molecule has 0 aromatic heterocycles. The Morgan fingerprint density at radius 1 is 1.22 bits per heavy atom. The molecular formula is C24H27N3O10. The number of rotatable bonds is 7. The lowest BCUT2D eigenvalue weighted by Crippen LogP contribution is -2.65. The summed E-state index contributed by atoms with van der Waals surface area (Å²) in [4.78, 5) is 55.8. The van der Waals surface area contributed by atoms with E-state index in [0.29, 0.717) is 11.1 Å². The molecule has 8 N–H and O–H groups in total. The lowest BCUT2D eigenvalue weighted by molar-refractivity contribution is -0.153. The van der Waals surface area contributed by atoms with Crippen LogP contribution in [0.2, 0.25) is 0 Å². The van der Waals surface area contributed by atoms with E-state index in [0.717, 1.165) is 0 Å². The summed E-state index contributed by atoms with van der Waals surface area (Å²) in [7, 11) is 3.04. The Morgan fingerprint density at radius 2 is 1.89 bits per heavy atom. The summed E-state index contributed by atoms with van der Waals surface area (Å²) in [5.74, 6) is -8.42. The second kappa shape index (κ2) is 9.27. The number of aliphatic hydroxyl groups excluding tert-OH is 2. The van der Waals surface area contributed by atoms with Crippen molar-refractivity contribution in [2.45, 2.75) is 31.0 Å². The lowest BCUT2D eigenvalue weighted by Gasteiger charge is -2.50. The quantitative estimate of drug-likeness (QED) is 0.132. The topological polar surface area (TPSA) is 220 Å². The molecule has 1 amide bonds. The summed E-state index contributed by atoms with van der Waals surface area (Å²) in [5, 5.41) is 52.8. The first-order valence-electron chi connectivity index (χ1n) is 11.4. The molecule has 1 aromatic carbocycles. The number of hydroxylamine groups is 1. The summed E-state index contributed by atoms with van der Waals surface area (Å²) in [5.41, 5.74) is 4.90. The highest BCUT2D eigenvalue weighted by Gasteiger charge is 2.64. The van der Waals surface area contributed by atoms with Crippen LogP contribution in [0.4, 0.5) is 0 Å². The van der Waals surface area contributed by atoms with Crippen LogP contribution in [0.3, 0.4) is 0 Å². The van der Waals surface area contributed by atoms with Crippen LogP contribution < -0.4 is 11.2 Å². The van der Waals surface area contributed by atoms with Gasteiger partial charge in [0, 0.05) is 18.0 Å². The van der Waals surface area contributed by atoms with Gasteiger partial charge in [-0.05, 0) is 50.0 Å². The van der Waals surface area contributed by atoms with Gasteiger partial charge >= 0.3 is 5.97 Å². The SMILES string of the molecule is CN(C)[C@@H]1C(=O)C(C(N)=O)=C(O)[C@@]2(O)C(=O)C3=C(O)c4c(O)ccc(CNOCC(=O)O)c4C[C@H]3C[C@@H]12. The number of aliphatic hydroxyl groups is 3. The van der Waals surface area contributed by atoms with Crippen molar-refractivity contribution >= 4 is 29.2 Å². The lowest BCUT2D eigenvalue weighted by atomic mass is 9.57. The van der Waals surface area contributed by atoms with E-state index in [1.807, 2.05) is 0 Å². The Bertz CT molecular complexity index is 1280. The normalized spacial score (nSPS) is 27.2. The van der Waals surface area contributed by atoms with Crippen molar-refractivity contribution in [2.24, 2.45) is 17.6 Å². The highest BCUT2D eigenvalue weighted by molar-refractivity contribution is 6.24. The number of aromatic hydroxyl groups is 1. The van der Waals surface area contributed by atoms with Crippen LogP contribution in [0.5, 0.6) is 5.75 Å². The molecule has 1 fully saturated rings. The van der Waals surface area contributed by atoms with E-state index in [9.17, 15) is 39.6 Å². The fourth-order valence-corrected chi connectivity index (χ4v) is 5.72. The number of fused-ring (bicyclic) bond motifs is 3. The number of benzene rings is 1. The van der Waals surface area contributed by atoms with Gasteiger partial charge in [-0.2, -0.15) is 5.48 Å². The molecule has 13 heteroatoms. The number of Topliss-reactive ketones (excluding diaryl/α,β-unsaturated/α-hetero) is 2. The molecular weight excluding hydrogens is 490 g/mol. The number of carbonyl (C=O) groups excluding carboxylic acids is 3. The molecule has 3 aliphatic carbocycles. The number of carbonyl (C=O) groups is 4. The van der Waals surface area contributed by atoms with Crippen molar-refractivity contribution in [3.63, 3.8) is 0 Å². The van der Waals surface area contributed by atoms with E-state index in [1.165, 1.54) is 25.1 Å². The van der Waals surface area contributed by atoms with E-state index >= 15 is 0 Å². The number of nitrogens with two attached hydrogens (primary N) is 1. The molecule has 4 atom stereocenters. The van der Waals surface area contributed by atoms with Gasteiger partial charge in [0.05, 0.1) is 11.6 Å². The standard InChI is InChI=1S/C24H27N3O10/c1-27(2)18-12-6-10-5-11-9(7-26-37-8-14(29)30)3-4-13(28)16(11)19(31)15(10)21(33)24(12,36)22(34)17(20(18)32)23(25)35/h3-4,10,12,18,26,28,31,34,36H,5-8H2,1-2H3,(H2,25,35)(H,29,30)/t10-,12-,18-,24-/m0/s1. The zero-order chi connectivity index (χ0) is 27.4. The third kappa shape index (κ3) is 3.96. The Morgan fingerprint density at radius 3 is 2.49 bits per heavy atom. The minimum atomic E-state index is -2.70. The van der Waals surface area contributed by atoms with Gasteiger partial charge in [-0.1, -0.05) is 6.07 Å². The molecule has 13 nitrogen and oxygen atoms in total. The second-order valence-electron chi connectivity index (χ2n) is 9.56. The highest BCUT2D eigenvalue weighted by atomic mass is 16.7. The predicted molar refractivity (Wildman–Crippen MR) is 125 cm³/mol. The van der Waals surface area contributed by atoms with Crippen molar-refractivity contribution in [1.82, 2.24) is 10.4 Å². The average Bonchev–Trinajstić information content (AvgIpc) is 2.79. The molecule has 0 radical (unpaired) electrons. The van der Waals surface area contributed by atoms with Crippen LogP contribution in [0.1, 0.15) is 23.1 Å². The molecule has 0 saturated heterocycles. The molecule has 3 aliphatic rings. The number of nitrogens with zero attached hydrogens (tertiary/aromatic N) is 1. The number of nitrogens with one attached hydrogen (secondary N) is 1. The molecule has 0 bridgehead atoms. The highest BCUT2D eigenvalue weighted by Crippen LogP contribution is 2.52. The number of ketones is 2. The largest absolute Gasteiger partial charge is 0.508 e. The zero-order valence-electron chi connectivity index (χ0n) is 20.0. The van der Waals surface area contributed by atoms with Gasteiger partial charge in [0.15, 0.2) is 18.0 Å². The molecule has 4 rings (SSSR count). The molecule has 37 heavy (non-hydrogen) atoms. The molecule has 0 aliphatic heterocycles. The monoisotopic (exact) mass is 517 g/mol. The van der Waals surface area contributed by atoms with Crippen LogP contribution in [0, 0.1) is 11.8 Å². The van der Waals surface area contributed by atoms with Crippen molar-refractivity contribution in [3.8, 4) is 5.75 Å². The average molecular weight is 517 g/mol. The maximum absolute atomic E-state index is 13.7. The third-order valence-electron chi connectivity index (χ3n) is 7.26. The van der Waals surface area contributed by atoms with Crippen LogP contribution >= 0.6 is 0 Å². The van der Waals surface area contributed by atoms with E-state index in [-0.39, 0.29) is 36.3 Å². The van der Waals surface area contributed by atoms with Gasteiger partial charge in [-0.15, -0.1) is 0 Å². The maximum atomic E-state index is 13.7. The van der Waals surface area contributed by atoms with E-state index in [4.69, 9.17) is 15.7 Å². The Balaban J connectivity index is 1.84. The zero-order valence-corrected chi connectivity index (χ0v) is 20.0. The van der Waals surface area contributed by atoms with Crippen molar-refractivity contribution in [2.75, 3.05) is 20.7 Å². The van der Waals surface area contributed by atoms with Crippen LogP contribution in [0.15, 0.2) is 29.0 Å². The van der Waals surface area contributed by atoms with Gasteiger partial charge in [0.25, 0.3) is 5.91 Å². The molecule has 1 saturated carbocycles. The number of phenolic OH excluding ortho intramolecular Hbond substituents is 1. The molecule has 198 valence electrons. The number of carboxylic acid groups (broad SMARTS) is 1. The molecule has 0 spiro atoms. The predicted octanol–water partition coefficient (Wildman–Crippen LogP) is -0.930. The van der Waals surface area contributed by atoms with Crippen LogP contribution in [0.25, 0.3) is 5.76 Å². The number of carboxylic acids is 1. The summed E-state index contributed by atoms with van der Waals surface area (Å²) in [6.07, 6.45) is 0.0721. The van der Waals surface area contributed by atoms with Gasteiger partial charge in [0.2, 0.25) is 5.78 Å². The fraction of sp³-hybridized carbons (Fsp3) is 0.417. The first-order chi connectivity index (χ1) is 17.3. The van der Waals surface area contributed by atoms with Gasteiger partial charge < -0.3 is 31.3 Å². The number of phenols is 1. The Labute approximate surface area is 210 Å². The number of primary amides is 1. The third-order valence-corrected chi connectivity index (χ3v) is 7.26. The number of aliphatic carboxylic acids is 1. The molecule has 1 aromatic rings. The van der Waals surface area contributed by atoms with Gasteiger partial charge in [0.1, 0.15) is 22.8 Å². The summed E-state index contributed by atoms with van der Waals surface area (Å²) in [6.45, 7) is -0.589. The van der Waals surface area contributed by atoms with E-state index in [2.05, 4.69) is 5.48 Å². The molecule has 0 heterocycles. The Hall–Kier alpha value is -3.78. The minimum Gasteiger partial charge on any atom is -0.508 e. The minimum absolute atomic E-state index is 0.0108. The smallest absolute Gasteiger partial charge is 0.331 e. The maximum Gasteiger partial charge on any atom is 0.331 e. The van der Waals surface area contributed by atoms with Crippen molar-refractivity contribution in [1.29, 1.82) is 0 Å². The number of hydrogen-bond donors (Lipinski definition) is 7. The van der Waals surface area contributed by atoms with Gasteiger partial charge in [-0.3, -0.25) is 24.1 Å².